The first kappa shape index (κ1) is 20.6. The summed E-state index contributed by atoms with van der Waals surface area (Å²) in [6.45, 7) is 0. The van der Waals surface area contributed by atoms with Crippen LogP contribution in [0.5, 0.6) is 0 Å². The summed E-state index contributed by atoms with van der Waals surface area (Å²) in [4.78, 5) is 11.2. The van der Waals surface area contributed by atoms with Crippen LogP contribution in [0.2, 0.25) is 0 Å². The third-order valence-corrected chi connectivity index (χ3v) is 0.885. The van der Waals surface area contributed by atoms with Gasteiger partial charge in [0.2, 0.25) is 12.7 Å². The van der Waals surface area contributed by atoms with E-state index in [0.717, 1.165) is 0 Å². The third-order valence-electron chi connectivity index (χ3n) is 0.885. The Morgan fingerprint density at radius 3 is 1.24 bits per heavy atom. The Bertz CT molecular complexity index is 331. The van der Waals surface area contributed by atoms with E-state index in [1.807, 2.05) is 24.8 Å². The summed E-state index contributed by atoms with van der Waals surface area (Å²) in [7, 11) is -5.17. The molecule has 0 saturated carbocycles. The zero-order chi connectivity index (χ0) is 11.6. The highest BCUT2D eigenvalue weighted by atomic mass is 32.3. The van der Waals surface area contributed by atoms with Crippen molar-refractivity contribution in [2.24, 2.45) is 0 Å². The zero-order valence-corrected chi connectivity index (χ0v) is 9.32. The predicted molar refractivity (Wildman–Crippen MR) is 52.4 cm³/mol. The molecule has 0 radical (unpaired) electrons. The van der Waals surface area contributed by atoms with Gasteiger partial charge in [-0.25, -0.2) is 0 Å². The van der Waals surface area contributed by atoms with E-state index in [1.54, 1.807) is 12.7 Å². The van der Waals surface area contributed by atoms with Gasteiger partial charge in [0.05, 0.1) is 0 Å². The molecule has 0 bridgehead atoms. The van der Waals surface area contributed by atoms with Crippen molar-refractivity contribution in [3.05, 3.63) is 37.4 Å². The van der Waals surface area contributed by atoms with Crippen LogP contribution in [-0.4, -0.2) is 38.4 Å². The van der Waals surface area contributed by atoms with E-state index in [4.69, 9.17) is 17.5 Å². The van der Waals surface area contributed by atoms with Gasteiger partial charge in [-0.1, -0.05) is 0 Å². The maximum Gasteiger partial charge on any atom is 0.239 e. The summed E-state index contributed by atoms with van der Waals surface area (Å²) in [6, 6.07) is 0. The van der Waals surface area contributed by atoms with Crippen molar-refractivity contribution in [1.29, 1.82) is 0 Å². The minimum absolute atomic E-state index is 0. The van der Waals surface area contributed by atoms with Gasteiger partial charge in [0.1, 0.15) is 24.8 Å². The molecule has 0 atom stereocenters. The van der Waals surface area contributed by atoms with Gasteiger partial charge in [0.15, 0.2) is 0 Å². The molecule has 2 heterocycles. The molecular weight excluding hydrogens is 256 g/mol. The van der Waals surface area contributed by atoms with Crippen LogP contribution in [0.25, 0.3) is 0 Å². The second-order valence-corrected chi connectivity index (χ2v) is 2.85. The van der Waals surface area contributed by atoms with Crippen LogP contribution in [-0.2, 0) is 10.4 Å². The number of rotatable bonds is 0. The molecule has 2 aromatic heterocycles. The Balaban J connectivity index is -0.000000163. The first-order valence-corrected chi connectivity index (χ1v) is 4.98. The first-order valence-electron chi connectivity index (χ1n) is 3.64. The van der Waals surface area contributed by atoms with Crippen LogP contribution in [0, 0.1) is 0 Å². The lowest BCUT2D eigenvalue weighted by Gasteiger charge is -2.06. The fourth-order valence-electron chi connectivity index (χ4n) is 0.481. The molecule has 11 heteroatoms. The van der Waals surface area contributed by atoms with Gasteiger partial charge in [-0.05, 0) is 0 Å². The third kappa shape index (κ3) is 31.4. The quantitative estimate of drug-likeness (QED) is 0.372. The largest absolute Gasteiger partial charge is 0.759 e. The van der Waals surface area contributed by atoms with Gasteiger partial charge in [-0.15, -0.1) is 0 Å². The number of aromatic nitrogens is 4. The van der Waals surface area contributed by atoms with Crippen molar-refractivity contribution >= 4 is 10.4 Å². The molecule has 2 rings (SSSR count). The number of nitrogens with one attached hydrogen (secondary N) is 4. The molecule has 17 heavy (non-hydrogen) atoms. The fourth-order valence-corrected chi connectivity index (χ4v) is 0.481. The van der Waals surface area contributed by atoms with Crippen LogP contribution < -0.4 is 9.97 Å². The molecule has 0 fully saturated rings. The topological polar surface area (TPSA) is 203 Å². The predicted octanol–water partition coefficient (Wildman–Crippen LogP) is -3.33. The molecule has 0 aliphatic rings. The maximum atomic E-state index is 8.52. The average Bonchev–Trinajstić information content (AvgIpc) is 2.81. The Morgan fingerprint density at radius 1 is 0.882 bits per heavy atom. The second-order valence-electron chi connectivity index (χ2n) is 2.03. The van der Waals surface area contributed by atoms with Gasteiger partial charge < -0.3 is 20.1 Å². The Hall–Kier alpha value is -1.79. The van der Waals surface area contributed by atoms with Crippen LogP contribution in [0.15, 0.2) is 37.4 Å². The van der Waals surface area contributed by atoms with Crippen LogP contribution in [0.3, 0.4) is 0 Å². The molecule has 10 nitrogen and oxygen atoms in total. The van der Waals surface area contributed by atoms with E-state index in [0.29, 0.717) is 0 Å². The second kappa shape index (κ2) is 12.3. The van der Waals surface area contributed by atoms with E-state index in [1.165, 1.54) is 0 Å². The SMILES string of the molecule is O.O.O=S(=O)([O-])[O-].c1c[nH+]c[nH]1.c1c[nH+]c[nH]1. The Morgan fingerprint density at radius 2 is 1.18 bits per heavy atom. The minimum Gasteiger partial charge on any atom is -0.759 e. The number of hydrogen-bond acceptors (Lipinski definition) is 4. The summed E-state index contributed by atoms with van der Waals surface area (Å²) >= 11 is 0. The van der Waals surface area contributed by atoms with Crippen molar-refractivity contribution in [1.82, 2.24) is 9.97 Å². The van der Waals surface area contributed by atoms with E-state index >= 15 is 0 Å². The zero-order valence-electron chi connectivity index (χ0n) is 8.51. The summed E-state index contributed by atoms with van der Waals surface area (Å²) in [6.07, 6.45) is 10.8. The number of imidazole rings is 2. The summed E-state index contributed by atoms with van der Waals surface area (Å²) in [5, 5.41) is 0. The molecule has 0 spiro atoms. The van der Waals surface area contributed by atoms with E-state index < -0.39 is 10.4 Å². The normalized spacial score (nSPS) is 8.12. The molecule has 0 saturated heterocycles. The molecule has 2 aromatic rings. The number of aromatic amines is 4. The van der Waals surface area contributed by atoms with Gasteiger partial charge in [0, 0.05) is 10.4 Å². The van der Waals surface area contributed by atoms with E-state index in [2.05, 4.69) is 19.9 Å². The van der Waals surface area contributed by atoms with Crippen molar-refractivity contribution in [2.45, 2.75) is 0 Å². The highest BCUT2D eigenvalue weighted by Gasteiger charge is 1.65. The summed E-state index contributed by atoms with van der Waals surface area (Å²) in [5.41, 5.74) is 0. The van der Waals surface area contributed by atoms with Crippen LogP contribution >= 0.6 is 0 Å². The monoisotopic (exact) mass is 270 g/mol. The fraction of sp³-hybridized carbons (Fsp3) is 0. The summed E-state index contributed by atoms with van der Waals surface area (Å²) < 4.78 is 34.1. The van der Waals surface area contributed by atoms with Gasteiger partial charge in [-0.2, -0.15) is 0 Å². The molecule has 0 amide bonds. The Labute approximate surface area is 97.0 Å². The molecule has 0 aliphatic carbocycles. The smallest absolute Gasteiger partial charge is 0.239 e. The van der Waals surface area contributed by atoms with E-state index in [-0.39, 0.29) is 11.0 Å². The van der Waals surface area contributed by atoms with Crippen LogP contribution in [0.4, 0.5) is 0 Å². The lowest BCUT2D eigenvalue weighted by Crippen LogP contribution is -1.91. The molecule has 0 aromatic carbocycles. The van der Waals surface area contributed by atoms with Gasteiger partial charge >= 0.3 is 0 Å². The molecule has 0 aliphatic heterocycles. The Kier molecular flexibility index (Phi) is 14.9. The van der Waals surface area contributed by atoms with Crippen molar-refractivity contribution in [3.8, 4) is 0 Å². The maximum absolute atomic E-state index is 8.52. The van der Waals surface area contributed by atoms with Gasteiger partial charge in [0.25, 0.3) is 0 Å². The minimum atomic E-state index is -5.17. The molecule has 100 valence electrons. The van der Waals surface area contributed by atoms with Gasteiger partial charge in [-0.3, -0.25) is 28.4 Å². The highest BCUT2D eigenvalue weighted by molar-refractivity contribution is 7.79. The molecule has 0 unspecified atom stereocenters. The summed E-state index contributed by atoms with van der Waals surface area (Å²) in [5.74, 6) is 0. The van der Waals surface area contributed by atoms with Crippen molar-refractivity contribution in [3.63, 3.8) is 0 Å². The number of hydrogen-bond donors (Lipinski definition) is 2. The highest BCUT2D eigenvalue weighted by Crippen LogP contribution is 1.57. The lowest BCUT2D eigenvalue weighted by molar-refractivity contribution is -0.376. The first-order chi connectivity index (χ1) is 7.00. The lowest BCUT2D eigenvalue weighted by atomic mass is 11.0. The van der Waals surface area contributed by atoms with E-state index in [9.17, 15) is 0 Å². The molecular formula is C6H14N4O6S. The average molecular weight is 270 g/mol. The molecule has 8 N–H and O–H groups in total. The van der Waals surface area contributed by atoms with Crippen molar-refractivity contribution in [2.75, 3.05) is 0 Å². The number of H-pyrrole nitrogens is 4. The van der Waals surface area contributed by atoms with Crippen LogP contribution in [0.1, 0.15) is 0 Å². The standard InChI is InChI=1S/2C3H4N2.H2O4S.2H2O/c2*1-2-5-3-4-1;1-5(2,3)4;;/h2*1-3H,(H,4,5);(H2,1,2,3,4);2*1H2. The van der Waals surface area contributed by atoms with Crippen molar-refractivity contribution < 1.29 is 38.4 Å².